The molecule has 0 aliphatic rings. The van der Waals surface area contributed by atoms with Gasteiger partial charge in [0.25, 0.3) is 5.91 Å². The zero-order chi connectivity index (χ0) is 17.9. The second-order valence-corrected chi connectivity index (χ2v) is 5.83. The molecule has 0 atom stereocenters. The summed E-state index contributed by atoms with van der Waals surface area (Å²) in [6, 6.07) is 13.8. The first-order valence-electron chi connectivity index (χ1n) is 8.11. The average molecular weight is 346 g/mol. The first-order valence-corrected chi connectivity index (χ1v) is 8.11. The van der Waals surface area contributed by atoms with Crippen molar-refractivity contribution in [3.05, 3.63) is 90.4 Å². The maximum absolute atomic E-state index is 14.0. The van der Waals surface area contributed by atoms with Gasteiger partial charge in [0.15, 0.2) is 0 Å². The fourth-order valence-corrected chi connectivity index (χ4v) is 2.73. The molecule has 0 unspecified atom stereocenters. The SMILES string of the molecule is O=C(NCc1cccnc1)c1cn2cc(-c3ccccc3F)ccc2n1. The molecule has 0 aliphatic heterocycles. The number of carbonyl (C=O) groups excluding carboxylic acids is 1. The van der Waals surface area contributed by atoms with Crippen molar-refractivity contribution >= 4 is 11.6 Å². The molecule has 0 radical (unpaired) electrons. The second-order valence-electron chi connectivity index (χ2n) is 5.83. The largest absolute Gasteiger partial charge is 0.347 e. The Bertz CT molecular complexity index is 1080. The van der Waals surface area contributed by atoms with Gasteiger partial charge in [0, 0.05) is 42.5 Å². The predicted octanol–water partition coefficient (Wildman–Crippen LogP) is 3.47. The van der Waals surface area contributed by atoms with Crippen LogP contribution in [0.2, 0.25) is 0 Å². The Morgan fingerprint density at radius 2 is 1.96 bits per heavy atom. The van der Waals surface area contributed by atoms with Crippen LogP contribution in [0.3, 0.4) is 0 Å². The number of hydrogen-bond acceptors (Lipinski definition) is 3. The number of hydrogen-bond donors (Lipinski definition) is 1. The van der Waals surface area contributed by atoms with Crippen molar-refractivity contribution in [2.24, 2.45) is 0 Å². The van der Waals surface area contributed by atoms with Gasteiger partial charge in [-0.25, -0.2) is 9.37 Å². The van der Waals surface area contributed by atoms with Crippen LogP contribution in [0.25, 0.3) is 16.8 Å². The van der Waals surface area contributed by atoms with Crippen molar-refractivity contribution < 1.29 is 9.18 Å². The summed E-state index contributed by atoms with van der Waals surface area (Å²) in [7, 11) is 0. The number of fused-ring (bicyclic) bond motifs is 1. The molecular weight excluding hydrogens is 331 g/mol. The highest BCUT2D eigenvalue weighted by Gasteiger charge is 2.12. The molecule has 128 valence electrons. The minimum atomic E-state index is -0.290. The Hall–Kier alpha value is -3.54. The van der Waals surface area contributed by atoms with E-state index in [-0.39, 0.29) is 11.7 Å². The lowest BCUT2D eigenvalue weighted by molar-refractivity contribution is 0.0946. The topological polar surface area (TPSA) is 59.3 Å². The number of nitrogens with one attached hydrogen (secondary N) is 1. The van der Waals surface area contributed by atoms with Gasteiger partial charge in [0.1, 0.15) is 17.2 Å². The molecule has 1 aromatic carbocycles. The molecule has 0 fully saturated rings. The first-order chi connectivity index (χ1) is 12.7. The van der Waals surface area contributed by atoms with E-state index in [0.29, 0.717) is 23.4 Å². The molecule has 0 saturated carbocycles. The Balaban J connectivity index is 1.57. The Morgan fingerprint density at radius 3 is 2.77 bits per heavy atom. The molecule has 1 amide bonds. The molecule has 5 nitrogen and oxygen atoms in total. The van der Waals surface area contributed by atoms with E-state index < -0.39 is 0 Å². The molecular formula is C20H15FN4O. The van der Waals surface area contributed by atoms with Crippen LogP contribution in [0.15, 0.2) is 73.3 Å². The molecule has 1 N–H and O–H groups in total. The summed E-state index contributed by atoms with van der Waals surface area (Å²) in [5, 5.41) is 2.82. The third-order valence-corrected chi connectivity index (χ3v) is 4.04. The average Bonchev–Trinajstić information content (AvgIpc) is 3.11. The van der Waals surface area contributed by atoms with Crippen LogP contribution < -0.4 is 5.32 Å². The molecule has 0 aliphatic carbocycles. The van der Waals surface area contributed by atoms with E-state index in [9.17, 15) is 9.18 Å². The Labute approximate surface area is 149 Å². The summed E-state index contributed by atoms with van der Waals surface area (Å²) >= 11 is 0. The van der Waals surface area contributed by atoms with Crippen molar-refractivity contribution in [2.75, 3.05) is 0 Å². The number of pyridine rings is 2. The van der Waals surface area contributed by atoms with Crippen molar-refractivity contribution in [3.63, 3.8) is 0 Å². The van der Waals surface area contributed by atoms with E-state index in [1.807, 2.05) is 12.1 Å². The number of nitrogens with zero attached hydrogens (tertiary/aromatic N) is 3. The maximum atomic E-state index is 14.0. The quantitative estimate of drug-likeness (QED) is 0.616. The number of rotatable bonds is 4. The normalized spacial score (nSPS) is 10.8. The standard InChI is InChI=1S/C20H15FN4O/c21-17-6-2-1-5-16(17)15-7-8-19-24-18(13-25(19)12-15)20(26)23-11-14-4-3-9-22-10-14/h1-10,12-13H,11H2,(H,23,26). The van der Waals surface area contributed by atoms with Crippen molar-refractivity contribution in [1.82, 2.24) is 19.7 Å². The van der Waals surface area contributed by atoms with Gasteiger partial charge in [-0.05, 0) is 29.8 Å². The van der Waals surface area contributed by atoms with Crippen LogP contribution in [0.5, 0.6) is 0 Å². The highest BCUT2D eigenvalue weighted by Crippen LogP contribution is 2.23. The zero-order valence-electron chi connectivity index (χ0n) is 13.8. The van der Waals surface area contributed by atoms with Crippen LogP contribution in [-0.2, 0) is 6.54 Å². The first kappa shape index (κ1) is 16.0. The van der Waals surface area contributed by atoms with Gasteiger partial charge >= 0.3 is 0 Å². The lowest BCUT2D eigenvalue weighted by atomic mass is 10.1. The fourth-order valence-electron chi connectivity index (χ4n) is 2.73. The van der Waals surface area contributed by atoms with Gasteiger partial charge in [-0.2, -0.15) is 0 Å². The Kier molecular flexibility index (Phi) is 4.15. The molecule has 6 heteroatoms. The molecule has 0 bridgehead atoms. The number of carbonyl (C=O) groups is 1. The number of amides is 1. The molecule has 3 heterocycles. The van der Waals surface area contributed by atoms with E-state index in [4.69, 9.17) is 0 Å². The van der Waals surface area contributed by atoms with Gasteiger partial charge in [-0.15, -0.1) is 0 Å². The van der Waals surface area contributed by atoms with Crippen LogP contribution in [0, 0.1) is 5.82 Å². The zero-order valence-corrected chi connectivity index (χ0v) is 13.8. The highest BCUT2D eigenvalue weighted by molar-refractivity contribution is 5.92. The van der Waals surface area contributed by atoms with Gasteiger partial charge < -0.3 is 9.72 Å². The third-order valence-electron chi connectivity index (χ3n) is 4.04. The second kappa shape index (κ2) is 6.76. The van der Waals surface area contributed by atoms with Crippen molar-refractivity contribution in [3.8, 4) is 11.1 Å². The third kappa shape index (κ3) is 3.17. The number of imidazole rings is 1. The van der Waals surface area contributed by atoms with E-state index in [0.717, 1.165) is 11.1 Å². The minimum Gasteiger partial charge on any atom is -0.347 e. The van der Waals surface area contributed by atoms with Crippen molar-refractivity contribution in [2.45, 2.75) is 6.54 Å². The monoisotopic (exact) mass is 346 g/mol. The summed E-state index contributed by atoms with van der Waals surface area (Å²) in [4.78, 5) is 20.7. The molecule has 26 heavy (non-hydrogen) atoms. The molecule has 4 rings (SSSR count). The number of benzene rings is 1. The fraction of sp³-hybridized carbons (Fsp3) is 0.0500. The van der Waals surface area contributed by atoms with E-state index in [1.165, 1.54) is 6.07 Å². The summed E-state index contributed by atoms with van der Waals surface area (Å²) in [6.07, 6.45) is 6.78. The molecule has 4 aromatic rings. The van der Waals surface area contributed by atoms with Crippen molar-refractivity contribution in [1.29, 1.82) is 0 Å². The highest BCUT2D eigenvalue weighted by atomic mass is 19.1. The van der Waals surface area contributed by atoms with Crippen LogP contribution in [0.4, 0.5) is 4.39 Å². The van der Waals surface area contributed by atoms with Gasteiger partial charge in [-0.1, -0.05) is 24.3 Å². The summed E-state index contributed by atoms with van der Waals surface area (Å²) in [5.74, 6) is -0.564. The van der Waals surface area contributed by atoms with Gasteiger partial charge in [0.2, 0.25) is 0 Å². The minimum absolute atomic E-state index is 0.273. The van der Waals surface area contributed by atoms with Crippen LogP contribution in [0.1, 0.15) is 16.1 Å². The smallest absolute Gasteiger partial charge is 0.271 e. The van der Waals surface area contributed by atoms with Crippen LogP contribution in [-0.4, -0.2) is 20.3 Å². The number of aromatic nitrogens is 3. The van der Waals surface area contributed by atoms with Gasteiger partial charge in [0.05, 0.1) is 0 Å². The summed E-state index contributed by atoms with van der Waals surface area (Å²) < 4.78 is 15.7. The molecule has 0 saturated heterocycles. The summed E-state index contributed by atoms with van der Waals surface area (Å²) in [5.41, 5.74) is 3.06. The molecule has 3 aromatic heterocycles. The lowest BCUT2D eigenvalue weighted by Crippen LogP contribution is -2.23. The van der Waals surface area contributed by atoms with Gasteiger partial charge in [-0.3, -0.25) is 9.78 Å². The predicted molar refractivity (Wildman–Crippen MR) is 96.0 cm³/mol. The maximum Gasteiger partial charge on any atom is 0.271 e. The van der Waals surface area contributed by atoms with E-state index in [1.54, 1.807) is 59.5 Å². The van der Waals surface area contributed by atoms with Crippen LogP contribution >= 0.6 is 0 Å². The molecule has 0 spiro atoms. The number of halogens is 1. The summed E-state index contributed by atoms with van der Waals surface area (Å²) in [6.45, 7) is 0.376. The lowest BCUT2D eigenvalue weighted by Gasteiger charge is -2.03. The Morgan fingerprint density at radius 1 is 1.08 bits per heavy atom. The van der Waals surface area contributed by atoms with E-state index >= 15 is 0 Å². The van der Waals surface area contributed by atoms with E-state index in [2.05, 4.69) is 15.3 Å².